The molecule has 0 aromatic heterocycles. The van der Waals surface area contributed by atoms with Crippen LogP contribution in [0.25, 0.3) is 0 Å². The van der Waals surface area contributed by atoms with E-state index in [0.29, 0.717) is 26.4 Å². The number of halogens is 2. The zero-order valence-corrected chi connectivity index (χ0v) is 22.8. The molecule has 1 unspecified atom stereocenters. The van der Waals surface area contributed by atoms with Crippen molar-refractivity contribution < 1.29 is 32.5 Å². The Morgan fingerprint density at radius 2 is 1.19 bits per heavy atom. The summed E-state index contributed by atoms with van der Waals surface area (Å²) in [7, 11) is 0. The summed E-state index contributed by atoms with van der Waals surface area (Å²) in [5.74, 6) is -3.28. The molecule has 1 aromatic carbocycles. The van der Waals surface area contributed by atoms with Crippen molar-refractivity contribution in [1.29, 1.82) is 0 Å². The maximum atomic E-state index is 16.1. The Balaban J connectivity index is 2.42. The molecule has 7 heteroatoms. The highest BCUT2D eigenvalue weighted by Crippen LogP contribution is 2.42. The predicted octanol–water partition coefficient (Wildman–Crippen LogP) is 6.92. The molecule has 1 saturated heterocycles. The van der Waals surface area contributed by atoms with Crippen molar-refractivity contribution in [2.24, 2.45) is 0 Å². The van der Waals surface area contributed by atoms with Gasteiger partial charge in [0.15, 0.2) is 6.10 Å². The second kappa shape index (κ2) is 17.4. The van der Waals surface area contributed by atoms with E-state index < -0.39 is 36.4 Å². The number of ether oxygens (including phenoxy) is 5. The fourth-order valence-electron chi connectivity index (χ4n) is 4.28. The standard InChI is InChI=1S/C29H48F2O5/c1-5-9-18-32-22-24-25(33-19-10-6-2)26(34-20-11-7-3)27(35-21-12-8-4)28(36-24)29(30,31)23-16-14-13-15-17-23/h13-17,24-28H,5-12,18-22H2,1-4H3/t24-,25-,26+,27-,28?/m1/s1. The van der Waals surface area contributed by atoms with Crippen LogP contribution in [-0.2, 0) is 29.6 Å². The second-order valence-corrected chi connectivity index (χ2v) is 9.58. The highest BCUT2D eigenvalue weighted by Gasteiger charge is 2.57. The molecule has 1 heterocycles. The van der Waals surface area contributed by atoms with Gasteiger partial charge in [-0.1, -0.05) is 83.7 Å². The summed E-state index contributed by atoms with van der Waals surface area (Å²) in [5, 5.41) is 0. The van der Waals surface area contributed by atoms with E-state index in [1.165, 1.54) is 12.1 Å². The molecule has 5 atom stereocenters. The van der Waals surface area contributed by atoms with Crippen LogP contribution < -0.4 is 0 Å². The van der Waals surface area contributed by atoms with Crippen LogP contribution in [0.2, 0.25) is 0 Å². The quantitative estimate of drug-likeness (QED) is 0.188. The number of benzene rings is 1. The summed E-state index contributed by atoms with van der Waals surface area (Å²) in [6, 6.07) is 7.85. The van der Waals surface area contributed by atoms with E-state index in [1.54, 1.807) is 18.2 Å². The molecule has 0 spiro atoms. The fraction of sp³-hybridized carbons (Fsp3) is 0.793. The third-order valence-electron chi connectivity index (χ3n) is 6.50. The molecule has 1 aromatic rings. The topological polar surface area (TPSA) is 46.2 Å². The average molecular weight is 515 g/mol. The Labute approximate surface area is 217 Å². The maximum Gasteiger partial charge on any atom is 0.301 e. The van der Waals surface area contributed by atoms with Gasteiger partial charge in [-0.05, 0) is 25.7 Å². The summed E-state index contributed by atoms with van der Waals surface area (Å²) in [6.45, 7) is 10.3. The van der Waals surface area contributed by atoms with E-state index in [-0.39, 0.29) is 12.2 Å². The summed E-state index contributed by atoms with van der Waals surface area (Å²) >= 11 is 0. The predicted molar refractivity (Wildman–Crippen MR) is 139 cm³/mol. The van der Waals surface area contributed by atoms with Crippen LogP contribution in [0.15, 0.2) is 30.3 Å². The van der Waals surface area contributed by atoms with Gasteiger partial charge in [0.2, 0.25) is 0 Å². The third-order valence-corrected chi connectivity index (χ3v) is 6.50. The maximum absolute atomic E-state index is 16.1. The van der Waals surface area contributed by atoms with Crippen LogP contribution in [-0.4, -0.2) is 63.6 Å². The first-order valence-electron chi connectivity index (χ1n) is 14.0. The van der Waals surface area contributed by atoms with Gasteiger partial charge in [0.05, 0.1) is 6.61 Å². The van der Waals surface area contributed by atoms with Gasteiger partial charge in [-0.15, -0.1) is 0 Å². The van der Waals surface area contributed by atoms with E-state index >= 15 is 8.78 Å². The Hall–Kier alpha value is -1.12. The molecule has 0 N–H and O–H groups in total. The molecule has 0 aliphatic carbocycles. The molecular formula is C29H48F2O5. The molecule has 1 aliphatic rings. The number of alkyl halides is 2. The molecular weight excluding hydrogens is 466 g/mol. The highest BCUT2D eigenvalue weighted by molar-refractivity contribution is 5.23. The van der Waals surface area contributed by atoms with Crippen LogP contribution in [0.4, 0.5) is 8.78 Å². The van der Waals surface area contributed by atoms with Crippen LogP contribution in [0.1, 0.15) is 84.6 Å². The lowest BCUT2D eigenvalue weighted by Gasteiger charge is -2.48. The van der Waals surface area contributed by atoms with Crippen molar-refractivity contribution in [3.63, 3.8) is 0 Å². The Kier molecular flexibility index (Phi) is 15.0. The van der Waals surface area contributed by atoms with Gasteiger partial charge in [-0.2, -0.15) is 8.78 Å². The number of hydrogen-bond donors (Lipinski definition) is 0. The Morgan fingerprint density at radius 1 is 0.694 bits per heavy atom. The normalized spacial score (nSPS) is 24.8. The summed E-state index contributed by atoms with van der Waals surface area (Å²) in [4.78, 5) is 0. The first-order valence-corrected chi connectivity index (χ1v) is 14.0. The summed E-state index contributed by atoms with van der Waals surface area (Å²) < 4.78 is 63.0. The molecule has 0 saturated carbocycles. The highest BCUT2D eigenvalue weighted by atomic mass is 19.3. The van der Waals surface area contributed by atoms with Crippen LogP contribution in [0.3, 0.4) is 0 Å². The van der Waals surface area contributed by atoms with Crippen LogP contribution in [0.5, 0.6) is 0 Å². The Morgan fingerprint density at radius 3 is 1.75 bits per heavy atom. The Bertz CT molecular complexity index is 675. The minimum atomic E-state index is -3.28. The van der Waals surface area contributed by atoms with E-state index in [1.807, 2.05) is 6.92 Å². The van der Waals surface area contributed by atoms with Gasteiger partial charge in [-0.25, -0.2) is 0 Å². The lowest BCUT2D eigenvalue weighted by Crippen LogP contribution is -2.65. The first kappa shape index (κ1) is 31.1. The molecule has 0 radical (unpaired) electrons. The smallest absolute Gasteiger partial charge is 0.301 e. The van der Waals surface area contributed by atoms with Gasteiger partial charge in [-0.3, -0.25) is 0 Å². The molecule has 0 amide bonds. The van der Waals surface area contributed by atoms with Crippen molar-refractivity contribution >= 4 is 0 Å². The van der Waals surface area contributed by atoms with Gasteiger partial charge >= 0.3 is 5.92 Å². The van der Waals surface area contributed by atoms with Crippen LogP contribution >= 0.6 is 0 Å². The number of rotatable bonds is 19. The number of unbranched alkanes of at least 4 members (excludes halogenated alkanes) is 4. The zero-order chi connectivity index (χ0) is 26.2. The van der Waals surface area contributed by atoms with Gasteiger partial charge in [0, 0.05) is 32.0 Å². The second-order valence-electron chi connectivity index (χ2n) is 9.58. The van der Waals surface area contributed by atoms with E-state index in [9.17, 15) is 0 Å². The average Bonchev–Trinajstić information content (AvgIpc) is 2.89. The van der Waals surface area contributed by atoms with Crippen molar-refractivity contribution in [2.75, 3.05) is 33.0 Å². The van der Waals surface area contributed by atoms with Crippen molar-refractivity contribution in [2.45, 2.75) is 116 Å². The lowest BCUT2D eigenvalue weighted by atomic mass is 9.88. The zero-order valence-electron chi connectivity index (χ0n) is 22.8. The first-order chi connectivity index (χ1) is 17.5. The van der Waals surface area contributed by atoms with E-state index in [2.05, 4.69) is 20.8 Å². The van der Waals surface area contributed by atoms with Crippen LogP contribution in [0, 0.1) is 0 Å². The summed E-state index contributed by atoms with van der Waals surface area (Å²) in [5.41, 5.74) is -0.0950. The van der Waals surface area contributed by atoms with Gasteiger partial charge < -0.3 is 23.7 Å². The van der Waals surface area contributed by atoms with Crippen molar-refractivity contribution in [3.05, 3.63) is 35.9 Å². The molecule has 1 fully saturated rings. The minimum Gasteiger partial charge on any atom is -0.379 e. The SMILES string of the molecule is CCCCOC[C@H]1OC(C(F)(F)c2ccccc2)[C@H](OCCCC)[C@@H](OCCCC)[C@@H]1OCCCC. The largest absolute Gasteiger partial charge is 0.379 e. The molecule has 1 aliphatic heterocycles. The third kappa shape index (κ3) is 9.32. The van der Waals surface area contributed by atoms with Crippen molar-refractivity contribution in [1.82, 2.24) is 0 Å². The lowest BCUT2D eigenvalue weighted by molar-refractivity contribution is -0.308. The van der Waals surface area contributed by atoms with Crippen molar-refractivity contribution in [3.8, 4) is 0 Å². The molecule has 2 rings (SSSR count). The summed E-state index contributed by atoms with van der Waals surface area (Å²) in [6.07, 6.45) is 2.77. The molecule has 0 bridgehead atoms. The molecule has 36 heavy (non-hydrogen) atoms. The van der Waals surface area contributed by atoms with E-state index in [4.69, 9.17) is 23.7 Å². The van der Waals surface area contributed by atoms with E-state index in [0.717, 1.165) is 51.4 Å². The monoisotopic (exact) mass is 514 g/mol. The van der Waals surface area contributed by atoms with Gasteiger partial charge in [0.25, 0.3) is 0 Å². The fourth-order valence-corrected chi connectivity index (χ4v) is 4.28. The van der Waals surface area contributed by atoms with Gasteiger partial charge in [0.1, 0.15) is 24.4 Å². The minimum absolute atomic E-state index is 0.0950. The molecule has 5 nitrogen and oxygen atoms in total. The molecule has 208 valence electrons. The number of hydrogen-bond acceptors (Lipinski definition) is 5.